The first-order valence-corrected chi connectivity index (χ1v) is 9.76. The van der Waals surface area contributed by atoms with E-state index in [4.69, 9.17) is 14.2 Å². The van der Waals surface area contributed by atoms with Gasteiger partial charge in [-0.15, -0.1) is 0 Å². The highest BCUT2D eigenvalue weighted by molar-refractivity contribution is 5.96. The van der Waals surface area contributed by atoms with Crippen molar-refractivity contribution in [2.75, 3.05) is 19.0 Å². The number of aryl methyl sites for hydroxylation is 3. The van der Waals surface area contributed by atoms with Gasteiger partial charge in [0.15, 0.2) is 24.2 Å². The molecule has 0 radical (unpaired) electrons. The number of carbonyl (C=O) groups excluding carboxylic acids is 2. The van der Waals surface area contributed by atoms with Gasteiger partial charge in [-0.2, -0.15) is 0 Å². The predicted octanol–water partition coefficient (Wildman–Crippen LogP) is 4.60. The fourth-order valence-corrected chi connectivity index (χ4v) is 3.12. The normalized spacial score (nSPS) is 11.8. The van der Waals surface area contributed by atoms with Gasteiger partial charge in [0.05, 0.1) is 7.11 Å². The summed E-state index contributed by atoms with van der Waals surface area (Å²) in [4.78, 5) is 24.6. The number of methoxy groups -OCH3 is 1. The van der Waals surface area contributed by atoms with E-state index >= 15 is 0 Å². The zero-order valence-corrected chi connectivity index (χ0v) is 18.4. The van der Waals surface area contributed by atoms with E-state index in [1.54, 1.807) is 6.07 Å². The van der Waals surface area contributed by atoms with Crippen molar-refractivity contribution in [3.63, 3.8) is 0 Å². The van der Waals surface area contributed by atoms with Crippen molar-refractivity contribution in [1.29, 1.82) is 0 Å². The van der Waals surface area contributed by atoms with E-state index in [2.05, 4.69) is 5.32 Å². The fraction of sp³-hybridized carbons (Fsp3) is 0.333. The van der Waals surface area contributed by atoms with Crippen molar-refractivity contribution in [3.05, 3.63) is 58.7 Å². The number of allylic oxidation sites excluding steroid dienone is 1. The number of nitrogens with one attached hydrogen (secondary N) is 1. The number of hydrogen-bond donors (Lipinski definition) is 1. The minimum absolute atomic E-state index is 0.334. The Kier molecular flexibility index (Phi) is 8.04. The number of anilines is 1. The maximum atomic E-state index is 12.5. The Morgan fingerprint density at radius 3 is 2.33 bits per heavy atom. The molecule has 1 amide bonds. The van der Waals surface area contributed by atoms with Gasteiger partial charge in [0.2, 0.25) is 0 Å². The van der Waals surface area contributed by atoms with E-state index in [-0.39, 0.29) is 6.61 Å². The zero-order chi connectivity index (χ0) is 22.3. The van der Waals surface area contributed by atoms with Gasteiger partial charge in [-0.1, -0.05) is 35.9 Å². The molecule has 0 aromatic heterocycles. The van der Waals surface area contributed by atoms with Crippen LogP contribution in [0.25, 0.3) is 6.08 Å². The summed E-state index contributed by atoms with van der Waals surface area (Å²) >= 11 is 0. The molecule has 0 aliphatic rings. The van der Waals surface area contributed by atoms with Crippen LogP contribution in [-0.2, 0) is 14.3 Å². The smallest absolute Gasteiger partial charge is 0.344 e. The summed E-state index contributed by atoms with van der Waals surface area (Å²) in [5.74, 6) is -0.110. The standard InChI is InChI=1S/C24H29NO5/c1-7-8-19-9-10-20(21(13-19)28-6)29-14-22(26)30-18(5)24(27)25-23-16(3)11-15(2)12-17(23)4/h7-13,18H,14H2,1-6H3,(H,25,27)/b8-7+/t18-/m1/s1. The molecule has 6 heteroatoms. The SMILES string of the molecule is C/C=C/c1ccc(OCC(=O)O[C@H](C)C(=O)Nc2c(C)cc(C)cc2C)c(OC)c1. The maximum Gasteiger partial charge on any atom is 0.344 e. The summed E-state index contributed by atoms with van der Waals surface area (Å²) in [6.07, 6.45) is 2.89. The second-order valence-electron chi connectivity index (χ2n) is 7.09. The lowest BCUT2D eigenvalue weighted by Crippen LogP contribution is -2.32. The number of esters is 1. The molecule has 2 aromatic rings. The molecule has 0 aliphatic carbocycles. The monoisotopic (exact) mass is 411 g/mol. The molecule has 6 nitrogen and oxygen atoms in total. The third-order valence-corrected chi connectivity index (χ3v) is 4.50. The van der Waals surface area contributed by atoms with Crippen LogP contribution in [0.5, 0.6) is 11.5 Å². The number of benzene rings is 2. The van der Waals surface area contributed by atoms with Crippen molar-refractivity contribution in [3.8, 4) is 11.5 Å². The van der Waals surface area contributed by atoms with Crippen LogP contribution >= 0.6 is 0 Å². The van der Waals surface area contributed by atoms with Crippen LogP contribution in [0.2, 0.25) is 0 Å². The molecule has 160 valence electrons. The highest BCUT2D eigenvalue weighted by Gasteiger charge is 2.20. The Bertz CT molecular complexity index is 926. The summed E-state index contributed by atoms with van der Waals surface area (Å²) in [6, 6.07) is 9.36. The number of ether oxygens (including phenoxy) is 3. The Balaban J connectivity index is 1.94. The molecule has 0 heterocycles. The Morgan fingerprint density at radius 1 is 1.07 bits per heavy atom. The Hall–Kier alpha value is -3.28. The lowest BCUT2D eigenvalue weighted by Gasteiger charge is -2.17. The van der Waals surface area contributed by atoms with E-state index in [1.165, 1.54) is 14.0 Å². The second kappa shape index (κ2) is 10.5. The minimum Gasteiger partial charge on any atom is -0.493 e. The van der Waals surface area contributed by atoms with Crippen LogP contribution in [0.4, 0.5) is 5.69 Å². The molecular formula is C24H29NO5. The summed E-state index contributed by atoms with van der Waals surface area (Å²) in [6.45, 7) is 8.97. The second-order valence-corrected chi connectivity index (χ2v) is 7.09. The van der Waals surface area contributed by atoms with Crippen LogP contribution in [-0.4, -0.2) is 31.7 Å². The van der Waals surface area contributed by atoms with Gasteiger partial charge in [0.25, 0.3) is 5.91 Å². The molecule has 0 bridgehead atoms. The third-order valence-electron chi connectivity index (χ3n) is 4.50. The molecule has 2 aromatic carbocycles. The highest BCUT2D eigenvalue weighted by Crippen LogP contribution is 2.28. The molecule has 0 saturated heterocycles. The molecule has 0 fully saturated rings. The van der Waals surface area contributed by atoms with Crippen molar-refractivity contribution in [1.82, 2.24) is 0 Å². The minimum atomic E-state index is -0.958. The van der Waals surface area contributed by atoms with Gasteiger partial charge in [-0.3, -0.25) is 4.79 Å². The largest absolute Gasteiger partial charge is 0.493 e. The van der Waals surface area contributed by atoms with Gasteiger partial charge in [-0.25, -0.2) is 4.79 Å². The number of hydrogen-bond acceptors (Lipinski definition) is 5. The highest BCUT2D eigenvalue weighted by atomic mass is 16.6. The van der Waals surface area contributed by atoms with Crippen LogP contribution < -0.4 is 14.8 Å². The first-order chi connectivity index (χ1) is 14.2. The quantitative estimate of drug-likeness (QED) is 0.643. The molecule has 0 spiro atoms. The summed E-state index contributed by atoms with van der Waals surface area (Å²) < 4.78 is 16.0. The lowest BCUT2D eigenvalue weighted by molar-refractivity contribution is -0.155. The van der Waals surface area contributed by atoms with E-state index in [0.29, 0.717) is 11.5 Å². The van der Waals surface area contributed by atoms with Gasteiger partial charge in [0, 0.05) is 5.69 Å². The van der Waals surface area contributed by atoms with E-state index < -0.39 is 18.0 Å². The van der Waals surface area contributed by atoms with Crippen molar-refractivity contribution < 1.29 is 23.8 Å². The Labute approximate surface area is 177 Å². The van der Waals surface area contributed by atoms with Gasteiger partial charge >= 0.3 is 5.97 Å². The zero-order valence-electron chi connectivity index (χ0n) is 18.4. The fourth-order valence-electron chi connectivity index (χ4n) is 3.12. The van der Waals surface area contributed by atoms with Crippen LogP contribution in [0.15, 0.2) is 36.4 Å². The lowest BCUT2D eigenvalue weighted by atomic mass is 10.0. The molecule has 0 saturated carbocycles. The third kappa shape index (κ3) is 6.11. The molecule has 2 rings (SSSR count). The maximum absolute atomic E-state index is 12.5. The average molecular weight is 411 g/mol. The van der Waals surface area contributed by atoms with Crippen LogP contribution in [0.1, 0.15) is 36.1 Å². The van der Waals surface area contributed by atoms with Gasteiger partial charge in [0.1, 0.15) is 0 Å². The molecule has 30 heavy (non-hydrogen) atoms. The Morgan fingerprint density at radius 2 is 1.73 bits per heavy atom. The predicted molar refractivity (Wildman–Crippen MR) is 118 cm³/mol. The summed E-state index contributed by atoms with van der Waals surface area (Å²) in [5, 5.41) is 2.84. The molecule has 0 unspecified atom stereocenters. The molecule has 1 atom stereocenters. The van der Waals surface area contributed by atoms with Crippen molar-refractivity contribution in [2.24, 2.45) is 0 Å². The van der Waals surface area contributed by atoms with E-state index in [1.807, 2.05) is 64.1 Å². The van der Waals surface area contributed by atoms with Crippen molar-refractivity contribution in [2.45, 2.75) is 40.7 Å². The number of carbonyl (C=O) groups is 2. The summed E-state index contributed by atoms with van der Waals surface area (Å²) in [5.41, 5.74) is 4.72. The number of amides is 1. The topological polar surface area (TPSA) is 73.9 Å². The first-order valence-electron chi connectivity index (χ1n) is 9.76. The van der Waals surface area contributed by atoms with E-state index in [9.17, 15) is 9.59 Å². The van der Waals surface area contributed by atoms with Gasteiger partial charge in [-0.05, 0) is 63.4 Å². The number of rotatable bonds is 8. The first kappa shape index (κ1) is 23.0. The molecule has 1 N–H and O–H groups in total. The van der Waals surface area contributed by atoms with E-state index in [0.717, 1.165) is 27.9 Å². The van der Waals surface area contributed by atoms with Crippen LogP contribution in [0.3, 0.4) is 0 Å². The summed E-state index contributed by atoms with van der Waals surface area (Å²) in [7, 11) is 1.53. The van der Waals surface area contributed by atoms with Crippen LogP contribution in [0, 0.1) is 20.8 Å². The average Bonchev–Trinajstić information content (AvgIpc) is 2.69. The van der Waals surface area contributed by atoms with Crippen molar-refractivity contribution >= 4 is 23.6 Å². The van der Waals surface area contributed by atoms with Gasteiger partial charge < -0.3 is 19.5 Å². The molecular weight excluding hydrogens is 382 g/mol. The molecule has 0 aliphatic heterocycles.